The number of nitro groups is 1. The second-order valence-corrected chi connectivity index (χ2v) is 3.64. The summed E-state index contributed by atoms with van der Waals surface area (Å²) in [5.74, 6) is 0. The molecule has 0 unspecified atom stereocenters. The Morgan fingerprint density at radius 3 is 2.44 bits per heavy atom. The van der Waals surface area contributed by atoms with Crippen LogP contribution in [0.5, 0.6) is 0 Å². The predicted molar refractivity (Wildman–Crippen MR) is 49.9 cm³/mol. The fraction of sp³-hybridized carbons (Fsp3) is 0.250. The summed E-state index contributed by atoms with van der Waals surface area (Å²) in [5.41, 5.74) is -1.86. The van der Waals surface area contributed by atoms with Gasteiger partial charge in [0.05, 0.1) is 15.4 Å². The third-order valence-corrected chi connectivity index (χ3v) is 2.46. The number of nitrogens with zero attached hydrogens (tertiary/aromatic N) is 1. The van der Waals surface area contributed by atoms with Crippen LogP contribution in [-0.2, 0) is 6.18 Å². The van der Waals surface area contributed by atoms with Crippen molar-refractivity contribution in [1.82, 2.24) is 0 Å². The highest BCUT2D eigenvalue weighted by atomic mass is 32.2. The summed E-state index contributed by atoms with van der Waals surface area (Å²) in [7, 11) is 0. The standard InChI is InChI=1S/C8H5F4NO2S/c9-4-16-7-2-1-5(8(10,11)12)3-6(7)13(14)15/h1-3H,4H2. The minimum Gasteiger partial charge on any atom is -0.258 e. The van der Waals surface area contributed by atoms with E-state index in [4.69, 9.17) is 0 Å². The van der Waals surface area contributed by atoms with E-state index in [-0.39, 0.29) is 4.90 Å². The minimum absolute atomic E-state index is 0.125. The van der Waals surface area contributed by atoms with Crippen LogP contribution in [0.2, 0.25) is 0 Å². The van der Waals surface area contributed by atoms with Crippen LogP contribution in [-0.4, -0.2) is 10.9 Å². The maximum atomic E-state index is 12.2. The van der Waals surface area contributed by atoms with Crippen LogP contribution in [0.1, 0.15) is 5.56 Å². The lowest BCUT2D eigenvalue weighted by Crippen LogP contribution is -2.05. The van der Waals surface area contributed by atoms with E-state index in [1.807, 2.05) is 0 Å². The van der Waals surface area contributed by atoms with Gasteiger partial charge in [0.15, 0.2) is 0 Å². The number of nitro benzene ring substituents is 1. The molecule has 3 nitrogen and oxygen atoms in total. The number of thioether (sulfide) groups is 1. The highest BCUT2D eigenvalue weighted by Gasteiger charge is 2.32. The van der Waals surface area contributed by atoms with Crippen molar-refractivity contribution in [2.45, 2.75) is 11.1 Å². The molecular formula is C8H5F4NO2S. The van der Waals surface area contributed by atoms with E-state index in [2.05, 4.69) is 0 Å². The van der Waals surface area contributed by atoms with Crippen LogP contribution in [0.4, 0.5) is 23.2 Å². The zero-order valence-electron chi connectivity index (χ0n) is 7.62. The summed E-state index contributed by atoms with van der Waals surface area (Å²) in [4.78, 5) is 9.39. The summed E-state index contributed by atoms with van der Waals surface area (Å²) in [6.45, 7) is 0. The Morgan fingerprint density at radius 1 is 1.38 bits per heavy atom. The molecule has 0 atom stereocenters. The maximum Gasteiger partial charge on any atom is 0.416 e. The highest BCUT2D eigenvalue weighted by molar-refractivity contribution is 7.99. The molecular weight excluding hydrogens is 250 g/mol. The van der Waals surface area contributed by atoms with E-state index < -0.39 is 28.4 Å². The molecule has 0 saturated heterocycles. The Balaban J connectivity index is 3.23. The van der Waals surface area contributed by atoms with Crippen molar-refractivity contribution in [3.63, 3.8) is 0 Å². The number of hydrogen-bond acceptors (Lipinski definition) is 3. The summed E-state index contributed by atoms with van der Waals surface area (Å²) in [6.07, 6.45) is -4.65. The van der Waals surface area contributed by atoms with Gasteiger partial charge in [0, 0.05) is 6.07 Å². The number of halogens is 4. The van der Waals surface area contributed by atoms with Crippen LogP contribution in [0.25, 0.3) is 0 Å². The lowest BCUT2D eigenvalue weighted by Gasteiger charge is -2.07. The first-order valence-corrected chi connectivity index (χ1v) is 4.89. The van der Waals surface area contributed by atoms with E-state index in [0.717, 1.165) is 6.07 Å². The Bertz CT molecular complexity index is 408. The summed E-state index contributed by atoms with van der Waals surface area (Å²) >= 11 is 0.474. The van der Waals surface area contributed by atoms with Crippen molar-refractivity contribution < 1.29 is 22.5 Å². The number of hydrogen-bond donors (Lipinski definition) is 0. The van der Waals surface area contributed by atoms with Crippen molar-refractivity contribution in [3.8, 4) is 0 Å². The second kappa shape index (κ2) is 4.69. The quantitative estimate of drug-likeness (QED) is 0.358. The van der Waals surface area contributed by atoms with Gasteiger partial charge in [0.1, 0.15) is 6.01 Å². The van der Waals surface area contributed by atoms with Gasteiger partial charge < -0.3 is 0 Å². The van der Waals surface area contributed by atoms with Gasteiger partial charge in [-0.2, -0.15) is 13.2 Å². The monoisotopic (exact) mass is 255 g/mol. The molecule has 0 spiro atoms. The lowest BCUT2D eigenvalue weighted by molar-refractivity contribution is -0.388. The Labute approximate surface area is 91.6 Å². The van der Waals surface area contributed by atoms with Gasteiger partial charge in [0.2, 0.25) is 0 Å². The SMILES string of the molecule is O=[N+]([O-])c1cc(C(F)(F)F)ccc1SCF. The Kier molecular flexibility index (Phi) is 3.74. The molecule has 88 valence electrons. The van der Waals surface area contributed by atoms with E-state index >= 15 is 0 Å². The van der Waals surface area contributed by atoms with E-state index in [9.17, 15) is 27.7 Å². The van der Waals surface area contributed by atoms with Crippen molar-refractivity contribution in [2.75, 3.05) is 6.01 Å². The first kappa shape index (κ1) is 12.8. The fourth-order valence-electron chi connectivity index (χ4n) is 1.02. The van der Waals surface area contributed by atoms with Crippen LogP contribution in [0, 0.1) is 10.1 Å². The normalized spacial score (nSPS) is 11.5. The van der Waals surface area contributed by atoms with E-state index in [0.29, 0.717) is 23.9 Å². The molecule has 0 radical (unpaired) electrons. The van der Waals surface area contributed by atoms with Gasteiger partial charge in [0.25, 0.3) is 5.69 Å². The van der Waals surface area contributed by atoms with Crippen molar-refractivity contribution in [2.24, 2.45) is 0 Å². The summed E-state index contributed by atoms with van der Waals surface area (Å²) in [6, 6.07) is 1.04. The molecule has 0 saturated carbocycles. The number of rotatable bonds is 3. The largest absolute Gasteiger partial charge is 0.416 e. The lowest BCUT2D eigenvalue weighted by atomic mass is 10.2. The number of benzene rings is 1. The predicted octanol–water partition coefficient (Wildman–Crippen LogP) is 3.63. The molecule has 8 heteroatoms. The smallest absolute Gasteiger partial charge is 0.258 e. The molecule has 1 aromatic carbocycles. The van der Waals surface area contributed by atoms with Crippen molar-refractivity contribution in [1.29, 1.82) is 0 Å². The average molecular weight is 255 g/mol. The topological polar surface area (TPSA) is 43.1 Å². The van der Waals surface area contributed by atoms with Gasteiger partial charge in [-0.05, 0) is 12.1 Å². The van der Waals surface area contributed by atoms with Crippen LogP contribution in [0.3, 0.4) is 0 Å². The summed E-state index contributed by atoms with van der Waals surface area (Å²) < 4.78 is 48.7. The maximum absolute atomic E-state index is 12.2. The van der Waals surface area contributed by atoms with Crippen molar-refractivity contribution >= 4 is 17.4 Å². The van der Waals surface area contributed by atoms with Gasteiger partial charge in [-0.15, -0.1) is 0 Å². The summed E-state index contributed by atoms with van der Waals surface area (Å²) in [5, 5.41) is 10.5. The van der Waals surface area contributed by atoms with E-state index in [1.165, 1.54) is 0 Å². The van der Waals surface area contributed by atoms with Gasteiger partial charge in [-0.25, -0.2) is 4.39 Å². The molecule has 0 N–H and O–H groups in total. The zero-order valence-corrected chi connectivity index (χ0v) is 8.44. The molecule has 0 amide bonds. The molecule has 16 heavy (non-hydrogen) atoms. The molecule has 1 aromatic rings. The zero-order chi connectivity index (χ0) is 12.3. The molecule has 0 aliphatic carbocycles. The first-order valence-electron chi connectivity index (χ1n) is 3.90. The van der Waals surface area contributed by atoms with Gasteiger partial charge in [-0.1, -0.05) is 11.8 Å². The molecule has 0 bridgehead atoms. The van der Waals surface area contributed by atoms with Gasteiger partial charge in [-0.3, -0.25) is 10.1 Å². The van der Waals surface area contributed by atoms with Crippen LogP contribution >= 0.6 is 11.8 Å². The third kappa shape index (κ3) is 2.84. The molecule has 1 rings (SSSR count). The van der Waals surface area contributed by atoms with Crippen LogP contribution < -0.4 is 0 Å². The second-order valence-electron chi connectivity index (χ2n) is 2.69. The molecule has 0 fully saturated rings. The molecule has 0 aliphatic rings. The number of alkyl halides is 4. The average Bonchev–Trinajstić information content (AvgIpc) is 2.16. The fourth-order valence-corrected chi connectivity index (χ4v) is 1.58. The molecule has 0 aliphatic heterocycles. The van der Waals surface area contributed by atoms with Crippen molar-refractivity contribution in [3.05, 3.63) is 33.9 Å². The third-order valence-electron chi connectivity index (χ3n) is 1.69. The molecule has 0 heterocycles. The van der Waals surface area contributed by atoms with Gasteiger partial charge >= 0.3 is 6.18 Å². The molecule has 0 aromatic heterocycles. The van der Waals surface area contributed by atoms with E-state index in [1.54, 1.807) is 0 Å². The van der Waals surface area contributed by atoms with Crippen LogP contribution in [0.15, 0.2) is 23.1 Å². The minimum atomic E-state index is -4.65. The Morgan fingerprint density at radius 2 is 2.00 bits per heavy atom. The highest BCUT2D eigenvalue weighted by Crippen LogP contribution is 2.36. The first-order chi connectivity index (χ1) is 7.36. The Hall–Kier alpha value is -1.31.